The smallest absolute Gasteiger partial charge is 0.247 e. The van der Waals surface area contributed by atoms with Gasteiger partial charge in [0.2, 0.25) is 17.7 Å². The highest BCUT2D eigenvalue weighted by Crippen LogP contribution is 2.60. The fraction of sp³-hybridized carbons (Fsp3) is 0.500. The number of halogens is 3. The number of alkyl halides is 2. The van der Waals surface area contributed by atoms with Crippen LogP contribution in [0.15, 0.2) is 24.3 Å². The molecule has 8 heteroatoms. The first-order valence-electron chi connectivity index (χ1n) is 8.52. The number of imide groups is 1. The molecule has 0 radical (unpaired) electrons. The lowest BCUT2D eigenvalue weighted by Crippen LogP contribution is -2.46. The van der Waals surface area contributed by atoms with E-state index in [0.717, 1.165) is 6.42 Å². The van der Waals surface area contributed by atoms with Gasteiger partial charge in [0, 0.05) is 20.4 Å². The Kier molecular flexibility index (Phi) is 4.68. The number of rotatable bonds is 3. The van der Waals surface area contributed by atoms with Gasteiger partial charge in [0.1, 0.15) is 6.04 Å². The fourth-order valence-electron chi connectivity index (χ4n) is 4.68. The number of fused-ring (bicyclic) bond motifs is 5. The molecule has 3 fully saturated rings. The first-order chi connectivity index (χ1) is 12.3. The standard InChI is InChI=1S/C18H17Br2ClN2O3/c1-7(16(24)22-9-4-2-3-8(21)5-9)23-17(25)12-10-6-11(13(12)18(23)26)15(20)14(10)19/h2-5,7,10-15H,6H2,1H3,(H,22,24)/t7-,10-,11-,12-,13-,14-,15+/m1/s1. The van der Waals surface area contributed by atoms with E-state index in [1.54, 1.807) is 31.2 Å². The van der Waals surface area contributed by atoms with Crippen molar-refractivity contribution in [2.24, 2.45) is 23.7 Å². The Hall–Kier alpha value is -0.920. The fourth-order valence-corrected chi connectivity index (χ4v) is 6.75. The van der Waals surface area contributed by atoms with E-state index < -0.39 is 11.9 Å². The van der Waals surface area contributed by atoms with Gasteiger partial charge in [-0.3, -0.25) is 19.3 Å². The molecule has 3 aliphatic rings. The molecule has 138 valence electrons. The van der Waals surface area contributed by atoms with Gasteiger partial charge in [-0.15, -0.1) is 0 Å². The van der Waals surface area contributed by atoms with E-state index in [4.69, 9.17) is 11.6 Å². The largest absolute Gasteiger partial charge is 0.324 e. The lowest BCUT2D eigenvalue weighted by molar-refractivity contribution is -0.146. The molecule has 26 heavy (non-hydrogen) atoms. The number of nitrogens with one attached hydrogen (secondary N) is 1. The van der Waals surface area contributed by atoms with E-state index in [1.165, 1.54) is 4.90 Å². The third-order valence-corrected chi connectivity index (χ3v) is 9.32. The molecule has 2 bridgehead atoms. The number of carbonyl (C=O) groups is 3. The van der Waals surface area contributed by atoms with Crippen molar-refractivity contribution in [3.05, 3.63) is 29.3 Å². The first-order valence-corrected chi connectivity index (χ1v) is 10.7. The second kappa shape index (κ2) is 6.60. The maximum Gasteiger partial charge on any atom is 0.247 e. The maximum absolute atomic E-state index is 13.0. The normalized spacial score (nSPS) is 36.4. The van der Waals surface area contributed by atoms with Gasteiger partial charge < -0.3 is 5.32 Å². The van der Waals surface area contributed by atoms with Gasteiger partial charge >= 0.3 is 0 Å². The van der Waals surface area contributed by atoms with Crippen molar-refractivity contribution in [2.45, 2.75) is 29.0 Å². The van der Waals surface area contributed by atoms with Crippen LogP contribution in [-0.4, -0.2) is 38.3 Å². The highest BCUT2D eigenvalue weighted by atomic mass is 79.9. The topological polar surface area (TPSA) is 66.5 Å². The summed E-state index contributed by atoms with van der Waals surface area (Å²) in [5.41, 5.74) is 0.537. The van der Waals surface area contributed by atoms with Crippen LogP contribution in [0.4, 0.5) is 5.69 Å². The van der Waals surface area contributed by atoms with Gasteiger partial charge in [-0.2, -0.15) is 0 Å². The van der Waals surface area contributed by atoms with E-state index in [0.29, 0.717) is 10.7 Å². The van der Waals surface area contributed by atoms with Crippen LogP contribution in [0.1, 0.15) is 13.3 Å². The molecule has 0 aromatic heterocycles. The SMILES string of the molecule is C[C@H](C(=O)Nc1cccc(Cl)c1)N1C(=O)[C@@H]2[C@H]3C[C@@H]([C@@H](Br)[C@H]3Br)[C@H]2C1=O. The van der Waals surface area contributed by atoms with Gasteiger partial charge in [0.15, 0.2) is 0 Å². The molecule has 3 amide bonds. The van der Waals surface area contributed by atoms with E-state index in [9.17, 15) is 14.4 Å². The van der Waals surface area contributed by atoms with Gasteiger partial charge in [0.25, 0.3) is 0 Å². The number of benzene rings is 1. The quantitative estimate of drug-likeness (QED) is 0.507. The molecule has 2 aliphatic carbocycles. The van der Waals surface area contributed by atoms with Gasteiger partial charge in [-0.1, -0.05) is 49.5 Å². The number of amides is 3. The molecule has 0 unspecified atom stereocenters. The first kappa shape index (κ1) is 18.4. The Balaban J connectivity index is 1.54. The molecule has 7 atom stereocenters. The summed E-state index contributed by atoms with van der Waals surface area (Å²) < 4.78 is 0. The van der Waals surface area contributed by atoms with Crippen molar-refractivity contribution >= 4 is 66.9 Å². The molecule has 1 heterocycles. The number of likely N-dealkylation sites (tertiary alicyclic amines) is 1. The van der Waals surface area contributed by atoms with Crippen LogP contribution in [0.25, 0.3) is 0 Å². The maximum atomic E-state index is 13.0. The summed E-state index contributed by atoms with van der Waals surface area (Å²) in [4.78, 5) is 40.1. The summed E-state index contributed by atoms with van der Waals surface area (Å²) in [5, 5.41) is 3.24. The summed E-state index contributed by atoms with van der Waals surface area (Å²) in [6, 6.07) is 5.91. The number of carbonyl (C=O) groups excluding carboxylic acids is 3. The van der Waals surface area contributed by atoms with Crippen molar-refractivity contribution in [1.29, 1.82) is 0 Å². The third kappa shape index (κ3) is 2.66. The Morgan fingerprint density at radius 1 is 1.19 bits per heavy atom. The molecule has 1 N–H and O–H groups in total. The lowest BCUT2D eigenvalue weighted by atomic mass is 9.81. The predicted octanol–water partition coefficient (Wildman–Crippen LogP) is 3.44. The zero-order valence-electron chi connectivity index (χ0n) is 13.9. The van der Waals surface area contributed by atoms with Crippen LogP contribution in [0.5, 0.6) is 0 Å². The van der Waals surface area contributed by atoms with Crippen molar-refractivity contribution in [2.75, 3.05) is 5.32 Å². The van der Waals surface area contributed by atoms with E-state index in [-0.39, 0.29) is 45.1 Å². The Morgan fingerprint density at radius 2 is 1.77 bits per heavy atom. The number of nitrogens with zero attached hydrogens (tertiary/aromatic N) is 1. The summed E-state index contributed by atoms with van der Waals surface area (Å²) in [5.74, 6) is -1.18. The Labute approximate surface area is 173 Å². The molecule has 4 rings (SSSR count). The second-order valence-electron chi connectivity index (χ2n) is 7.23. The van der Waals surface area contributed by atoms with Crippen LogP contribution in [0, 0.1) is 23.7 Å². The molecule has 0 spiro atoms. The Morgan fingerprint density at radius 3 is 2.31 bits per heavy atom. The van der Waals surface area contributed by atoms with Crippen LogP contribution >= 0.6 is 43.5 Å². The monoisotopic (exact) mass is 502 g/mol. The third-order valence-electron chi connectivity index (χ3n) is 5.88. The lowest BCUT2D eigenvalue weighted by Gasteiger charge is -2.28. The van der Waals surface area contributed by atoms with E-state index in [1.807, 2.05) is 0 Å². The van der Waals surface area contributed by atoms with Crippen molar-refractivity contribution in [1.82, 2.24) is 4.90 Å². The van der Waals surface area contributed by atoms with E-state index >= 15 is 0 Å². The average Bonchev–Trinajstić information content (AvgIpc) is 3.19. The second-order valence-corrected chi connectivity index (χ2v) is 9.78. The highest BCUT2D eigenvalue weighted by Gasteiger charge is 2.67. The minimum absolute atomic E-state index is 0.138. The molecular weight excluding hydrogens is 487 g/mol. The summed E-state index contributed by atoms with van der Waals surface area (Å²) in [6.45, 7) is 1.59. The van der Waals surface area contributed by atoms with Crippen molar-refractivity contribution < 1.29 is 14.4 Å². The zero-order valence-corrected chi connectivity index (χ0v) is 17.8. The summed E-state index contributed by atoms with van der Waals surface area (Å²) in [6.07, 6.45) is 0.871. The zero-order chi connectivity index (χ0) is 18.7. The summed E-state index contributed by atoms with van der Waals surface area (Å²) in [7, 11) is 0. The molecule has 5 nitrogen and oxygen atoms in total. The molecule has 1 aliphatic heterocycles. The van der Waals surface area contributed by atoms with Crippen molar-refractivity contribution in [3.8, 4) is 0 Å². The van der Waals surface area contributed by atoms with Crippen molar-refractivity contribution in [3.63, 3.8) is 0 Å². The van der Waals surface area contributed by atoms with E-state index in [2.05, 4.69) is 37.2 Å². The number of anilines is 1. The molecule has 2 saturated carbocycles. The van der Waals surface area contributed by atoms with Gasteiger partial charge in [-0.25, -0.2) is 0 Å². The van der Waals surface area contributed by atoms with Gasteiger partial charge in [0.05, 0.1) is 11.8 Å². The predicted molar refractivity (Wildman–Crippen MR) is 105 cm³/mol. The van der Waals surface area contributed by atoms with Gasteiger partial charge in [-0.05, 0) is 43.4 Å². The summed E-state index contributed by atoms with van der Waals surface area (Å²) >= 11 is 13.3. The minimum Gasteiger partial charge on any atom is -0.324 e. The average molecular weight is 505 g/mol. The minimum atomic E-state index is -0.860. The van der Waals surface area contributed by atoms with Crippen LogP contribution in [-0.2, 0) is 14.4 Å². The number of hydrogen-bond donors (Lipinski definition) is 1. The molecule has 1 aromatic carbocycles. The van der Waals surface area contributed by atoms with Crippen LogP contribution in [0.2, 0.25) is 5.02 Å². The molecule has 1 aromatic rings. The number of hydrogen-bond acceptors (Lipinski definition) is 3. The van der Waals surface area contributed by atoms with Crippen LogP contribution < -0.4 is 5.32 Å². The molecular formula is C18H17Br2ClN2O3. The highest BCUT2D eigenvalue weighted by molar-refractivity contribution is 9.12. The molecule has 1 saturated heterocycles. The van der Waals surface area contributed by atoms with Crippen LogP contribution in [0.3, 0.4) is 0 Å². The Bertz CT molecular complexity index is 772.